The summed E-state index contributed by atoms with van der Waals surface area (Å²) in [7, 11) is 0. The van der Waals surface area contributed by atoms with E-state index in [-0.39, 0.29) is 24.1 Å². The minimum atomic E-state index is -0.585. The average Bonchev–Trinajstić information content (AvgIpc) is 3.37. The molecule has 0 aliphatic carbocycles. The third-order valence-electron chi connectivity index (χ3n) is 6.67. The monoisotopic (exact) mass is 436 g/mol. The SMILES string of the molecule is O=C1CCC(N2Cc3ccc(CNc4ccnn4CC4CCNCC4)cc3C2=O)C(=O)N1. The zero-order valence-corrected chi connectivity index (χ0v) is 18.0. The molecule has 0 saturated carbocycles. The Morgan fingerprint density at radius 1 is 1.09 bits per heavy atom. The summed E-state index contributed by atoms with van der Waals surface area (Å²) in [5.74, 6) is 0.801. The van der Waals surface area contributed by atoms with Crippen LogP contribution in [0.5, 0.6) is 0 Å². The van der Waals surface area contributed by atoms with Crippen molar-refractivity contribution >= 4 is 23.5 Å². The Labute approximate surface area is 186 Å². The number of carbonyl (C=O) groups is 3. The summed E-state index contributed by atoms with van der Waals surface area (Å²) in [6, 6.07) is 7.27. The number of fused-ring (bicyclic) bond motifs is 1. The van der Waals surface area contributed by atoms with E-state index in [1.807, 2.05) is 35.1 Å². The third-order valence-corrected chi connectivity index (χ3v) is 6.67. The average molecular weight is 437 g/mol. The molecule has 3 aliphatic heterocycles. The summed E-state index contributed by atoms with van der Waals surface area (Å²) < 4.78 is 2.03. The zero-order chi connectivity index (χ0) is 22.1. The summed E-state index contributed by atoms with van der Waals surface area (Å²) in [6.07, 6.45) is 4.77. The molecule has 3 aliphatic rings. The molecule has 168 valence electrons. The van der Waals surface area contributed by atoms with Crippen molar-refractivity contribution in [3.05, 3.63) is 47.2 Å². The lowest BCUT2D eigenvalue weighted by atomic mass is 9.98. The summed E-state index contributed by atoms with van der Waals surface area (Å²) in [4.78, 5) is 38.2. The van der Waals surface area contributed by atoms with Crippen LogP contribution in [0.4, 0.5) is 5.82 Å². The summed E-state index contributed by atoms with van der Waals surface area (Å²) in [5.41, 5.74) is 2.55. The van der Waals surface area contributed by atoms with Gasteiger partial charge in [-0.3, -0.25) is 19.7 Å². The molecule has 1 aromatic carbocycles. The van der Waals surface area contributed by atoms with Crippen molar-refractivity contribution in [3.8, 4) is 0 Å². The molecule has 9 heteroatoms. The topological polar surface area (TPSA) is 108 Å². The van der Waals surface area contributed by atoms with Gasteiger partial charge < -0.3 is 15.5 Å². The van der Waals surface area contributed by atoms with E-state index in [4.69, 9.17) is 0 Å². The number of hydrogen-bond donors (Lipinski definition) is 3. The number of rotatable bonds is 6. The van der Waals surface area contributed by atoms with Gasteiger partial charge in [0.1, 0.15) is 11.9 Å². The Balaban J connectivity index is 1.23. The smallest absolute Gasteiger partial charge is 0.255 e. The van der Waals surface area contributed by atoms with Crippen molar-refractivity contribution in [2.75, 3.05) is 18.4 Å². The number of aromatic nitrogens is 2. The molecule has 1 aromatic heterocycles. The normalized spacial score (nSPS) is 21.6. The highest BCUT2D eigenvalue weighted by atomic mass is 16.2. The molecule has 1 unspecified atom stereocenters. The Morgan fingerprint density at radius 2 is 1.94 bits per heavy atom. The van der Waals surface area contributed by atoms with Crippen LogP contribution in [-0.2, 0) is 29.2 Å². The van der Waals surface area contributed by atoms with Crippen LogP contribution in [0.1, 0.15) is 47.2 Å². The zero-order valence-electron chi connectivity index (χ0n) is 18.0. The summed E-state index contributed by atoms with van der Waals surface area (Å²) in [5, 5.41) is 13.7. The standard InChI is InChI=1S/C23H28N6O3/c30-21-4-3-19(22(31)27-21)28-14-17-2-1-16(11-18(17)23(28)32)12-25-20-7-10-26-29(20)13-15-5-8-24-9-6-15/h1-2,7,10-11,15,19,24-25H,3-6,8-9,12-14H2,(H,27,30,31). The fourth-order valence-electron chi connectivity index (χ4n) is 4.84. The third kappa shape index (κ3) is 4.12. The van der Waals surface area contributed by atoms with Crippen LogP contribution in [0.2, 0.25) is 0 Å². The highest BCUT2D eigenvalue weighted by Gasteiger charge is 2.39. The van der Waals surface area contributed by atoms with Crippen molar-refractivity contribution in [1.29, 1.82) is 0 Å². The van der Waals surface area contributed by atoms with Crippen molar-refractivity contribution in [2.24, 2.45) is 5.92 Å². The van der Waals surface area contributed by atoms with E-state index < -0.39 is 6.04 Å². The van der Waals surface area contributed by atoms with E-state index in [1.54, 1.807) is 4.90 Å². The maximum Gasteiger partial charge on any atom is 0.255 e. The lowest BCUT2D eigenvalue weighted by Gasteiger charge is -2.29. The molecule has 0 radical (unpaired) electrons. The first kappa shape index (κ1) is 20.7. The molecule has 0 spiro atoms. The predicted molar refractivity (Wildman–Crippen MR) is 118 cm³/mol. The Bertz CT molecular complexity index is 1040. The second kappa shape index (κ2) is 8.74. The summed E-state index contributed by atoms with van der Waals surface area (Å²) >= 11 is 0. The summed E-state index contributed by atoms with van der Waals surface area (Å²) in [6.45, 7) is 4.01. The first-order chi connectivity index (χ1) is 15.6. The number of piperidine rings is 2. The fourth-order valence-corrected chi connectivity index (χ4v) is 4.84. The maximum absolute atomic E-state index is 13.0. The number of carbonyl (C=O) groups excluding carboxylic acids is 3. The van der Waals surface area contributed by atoms with E-state index in [2.05, 4.69) is 21.0 Å². The number of imide groups is 1. The Morgan fingerprint density at radius 3 is 2.75 bits per heavy atom. The first-order valence-corrected chi connectivity index (χ1v) is 11.3. The van der Waals surface area contributed by atoms with Gasteiger partial charge in [-0.05, 0) is 55.5 Å². The van der Waals surface area contributed by atoms with Crippen molar-refractivity contribution in [1.82, 2.24) is 25.3 Å². The maximum atomic E-state index is 13.0. The lowest BCUT2D eigenvalue weighted by Crippen LogP contribution is -2.52. The van der Waals surface area contributed by atoms with Gasteiger partial charge in [0.2, 0.25) is 11.8 Å². The van der Waals surface area contributed by atoms with Crippen molar-refractivity contribution in [3.63, 3.8) is 0 Å². The Hall–Kier alpha value is -3.20. The van der Waals surface area contributed by atoms with E-state index in [1.165, 1.54) is 0 Å². The molecule has 0 bridgehead atoms. The molecule has 4 heterocycles. The minimum absolute atomic E-state index is 0.146. The largest absolute Gasteiger partial charge is 0.366 e. The highest BCUT2D eigenvalue weighted by molar-refractivity contribution is 6.05. The van der Waals surface area contributed by atoms with Crippen LogP contribution in [0.3, 0.4) is 0 Å². The van der Waals surface area contributed by atoms with Gasteiger partial charge in [0.15, 0.2) is 0 Å². The minimum Gasteiger partial charge on any atom is -0.366 e. The number of nitrogens with zero attached hydrogens (tertiary/aromatic N) is 3. The first-order valence-electron chi connectivity index (χ1n) is 11.3. The molecule has 32 heavy (non-hydrogen) atoms. The number of hydrogen-bond acceptors (Lipinski definition) is 6. The van der Waals surface area contributed by atoms with Crippen molar-refractivity contribution in [2.45, 2.75) is 51.4 Å². The molecule has 2 fully saturated rings. The number of benzene rings is 1. The van der Waals surface area contributed by atoms with Crippen molar-refractivity contribution < 1.29 is 14.4 Å². The molecule has 3 amide bonds. The van der Waals surface area contributed by atoms with Gasteiger partial charge >= 0.3 is 0 Å². The molecule has 2 aromatic rings. The second-order valence-corrected chi connectivity index (χ2v) is 8.84. The molecule has 9 nitrogen and oxygen atoms in total. The molecule has 1 atom stereocenters. The van der Waals surface area contributed by atoms with E-state index in [0.29, 0.717) is 31.0 Å². The lowest BCUT2D eigenvalue weighted by molar-refractivity contribution is -0.136. The highest BCUT2D eigenvalue weighted by Crippen LogP contribution is 2.28. The quantitative estimate of drug-likeness (QED) is 0.589. The fraction of sp³-hybridized carbons (Fsp3) is 0.478. The van der Waals surface area contributed by atoms with E-state index >= 15 is 0 Å². The molecular weight excluding hydrogens is 408 g/mol. The predicted octanol–water partition coefficient (Wildman–Crippen LogP) is 1.26. The molecule has 2 saturated heterocycles. The molecule has 3 N–H and O–H groups in total. The number of anilines is 1. The molecular formula is C23H28N6O3. The van der Waals surface area contributed by atoms with Crippen LogP contribution >= 0.6 is 0 Å². The van der Waals surface area contributed by atoms with Gasteiger partial charge in [0.25, 0.3) is 5.91 Å². The van der Waals surface area contributed by atoms with Gasteiger partial charge in [-0.2, -0.15) is 5.10 Å². The van der Waals surface area contributed by atoms with Gasteiger partial charge in [-0.25, -0.2) is 4.68 Å². The Kier molecular flexibility index (Phi) is 5.65. The van der Waals surface area contributed by atoms with Crippen LogP contribution in [0.25, 0.3) is 0 Å². The molecule has 5 rings (SSSR count). The van der Waals surface area contributed by atoms with Gasteiger partial charge in [-0.15, -0.1) is 0 Å². The van der Waals surface area contributed by atoms with E-state index in [0.717, 1.165) is 49.4 Å². The van der Waals surface area contributed by atoms with Crippen LogP contribution < -0.4 is 16.0 Å². The van der Waals surface area contributed by atoms with Crippen LogP contribution in [0, 0.1) is 5.92 Å². The number of amides is 3. The van der Waals surface area contributed by atoms with E-state index in [9.17, 15) is 14.4 Å². The van der Waals surface area contributed by atoms with Crippen LogP contribution in [0.15, 0.2) is 30.5 Å². The van der Waals surface area contributed by atoms with Gasteiger partial charge in [0, 0.05) is 37.7 Å². The van der Waals surface area contributed by atoms with Gasteiger partial charge in [-0.1, -0.05) is 12.1 Å². The number of nitrogens with one attached hydrogen (secondary N) is 3. The second-order valence-electron chi connectivity index (χ2n) is 8.84. The van der Waals surface area contributed by atoms with Crippen LogP contribution in [-0.4, -0.2) is 51.5 Å². The van der Waals surface area contributed by atoms with Gasteiger partial charge in [0.05, 0.1) is 6.20 Å².